The first kappa shape index (κ1) is 13.9. The van der Waals surface area contributed by atoms with Crippen LogP contribution in [0.2, 0.25) is 5.02 Å². The molecule has 6 heteroatoms. The number of amides is 2. The molecule has 2 amide bonds. The van der Waals surface area contributed by atoms with E-state index in [2.05, 4.69) is 21.2 Å². The first-order valence-corrected chi connectivity index (χ1v) is 7.80. The number of hydrogen-bond donors (Lipinski definition) is 1. The lowest BCUT2D eigenvalue weighted by atomic mass is 10.1. The molecule has 1 atom stereocenters. The molecule has 1 aliphatic carbocycles. The maximum atomic E-state index is 12.7. The van der Waals surface area contributed by atoms with Gasteiger partial charge >= 0.3 is 0 Å². The van der Waals surface area contributed by atoms with Gasteiger partial charge in [-0.2, -0.15) is 0 Å². The number of benzene rings is 1. The van der Waals surface area contributed by atoms with Crippen molar-refractivity contribution < 1.29 is 9.59 Å². The molecule has 3 rings (SSSR count). The predicted molar refractivity (Wildman–Crippen MR) is 80.8 cm³/mol. The molecule has 1 saturated carbocycles. The summed E-state index contributed by atoms with van der Waals surface area (Å²) in [5, 5.41) is 3.40. The molecule has 1 aromatic carbocycles. The van der Waals surface area contributed by atoms with Crippen LogP contribution in [-0.4, -0.2) is 24.4 Å². The molecular formula is C14H14BrClN2O2. The summed E-state index contributed by atoms with van der Waals surface area (Å²) in [7, 11) is 0. The van der Waals surface area contributed by atoms with Crippen molar-refractivity contribution in [2.75, 3.05) is 11.4 Å². The Hall–Kier alpha value is -1.07. The summed E-state index contributed by atoms with van der Waals surface area (Å²) in [6.07, 6.45) is 2.32. The zero-order chi connectivity index (χ0) is 14.3. The van der Waals surface area contributed by atoms with Crippen molar-refractivity contribution >= 4 is 45.0 Å². The lowest BCUT2D eigenvalue weighted by Gasteiger charge is -2.25. The second-order valence-corrected chi connectivity index (χ2v) is 6.40. The summed E-state index contributed by atoms with van der Waals surface area (Å²) in [4.78, 5) is 26.1. The molecule has 2 fully saturated rings. The van der Waals surface area contributed by atoms with Crippen molar-refractivity contribution in [2.24, 2.45) is 5.92 Å². The van der Waals surface area contributed by atoms with Gasteiger partial charge < -0.3 is 10.2 Å². The van der Waals surface area contributed by atoms with E-state index in [9.17, 15) is 9.59 Å². The number of hydrogen-bond acceptors (Lipinski definition) is 2. The average Bonchev–Trinajstić information content (AvgIpc) is 3.24. The molecule has 1 saturated heterocycles. The van der Waals surface area contributed by atoms with Gasteiger partial charge in [0, 0.05) is 13.0 Å². The quantitative estimate of drug-likeness (QED) is 0.885. The number of rotatable bonds is 2. The van der Waals surface area contributed by atoms with Crippen molar-refractivity contribution in [2.45, 2.75) is 25.3 Å². The van der Waals surface area contributed by atoms with Crippen LogP contribution in [0.3, 0.4) is 0 Å². The lowest BCUT2D eigenvalue weighted by Crippen LogP contribution is -2.46. The summed E-state index contributed by atoms with van der Waals surface area (Å²) < 4.78 is 0.693. The number of carbonyl (C=O) groups excluding carboxylic acids is 2. The lowest BCUT2D eigenvalue weighted by molar-refractivity contribution is -0.126. The van der Waals surface area contributed by atoms with Gasteiger partial charge in [-0.25, -0.2) is 0 Å². The third kappa shape index (κ3) is 2.56. The zero-order valence-corrected chi connectivity index (χ0v) is 13.1. The highest BCUT2D eigenvalue weighted by Crippen LogP contribution is 2.37. The fourth-order valence-electron chi connectivity index (χ4n) is 2.49. The van der Waals surface area contributed by atoms with Crippen molar-refractivity contribution in [3.05, 3.63) is 27.7 Å². The fourth-order valence-corrected chi connectivity index (χ4v) is 3.14. The Morgan fingerprint density at radius 1 is 1.30 bits per heavy atom. The number of halogens is 2. The average molecular weight is 358 g/mol. The van der Waals surface area contributed by atoms with E-state index >= 15 is 0 Å². The van der Waals surface area contributed by atoms with Gasteiger partial charge in [-0.15, -0.1) is 0 Å². The number of nitrogens with zero attached hydrogens (tertiary/aromatic N) is 1. The van der Waals surface area contributed by atoms with Crippen LogP contribution in [0, 0.1) is 5.92 Å². The van der Waals surface area contributed by atoms with Crippen LogP contribution in [0.25, 0.3) is 0 Å². The van der Waals surface area contributed by atoms with E-state index in [1.54, 1.807) is 11.0 Å². The molecule has 1 N–H and O–H groups in total. The monoisotopic (exact) mass is 356 g/mol. The smallest absolute Gasteiger partial charge is 0.249 e. The first-order valence-electron chi connectivity index (χ1n) is 6.62. The Labute approximate surface area is 130 Å². The minimum Gasteiger partial charge on any atom is -0.344 e. The maximum absolute atomic E-state index is 12.7. The molecule has 20 heavy (non-hydrogen) atoms. The first-order chi connectivity index (χ1) is 9.58. The molecule has 0 bridgehead atoms. The van der Waals surface area contributed by atoms with Crippen LogP contribution in [0.5, 0.6) is 0 Å². The molecule has 0 radical (unpaired) electrons. The Bertz CT molecular complexity index is 574. The molecule has 4 nitrogen and oxygen atoms in total. The third-order valence-electron chi connectivity index (χ3n) is 3.73. The van der Waals surface area contributed by atoms with Crippen LogP contribution in [0.4, 0.5) is 5.69 Å². The Balaban J connectivity index is 1.96. The van der Waals surface area contributed by atoms with Gasteiger partial charge in [0.2, 0.25) is 11.8 Å². The van der Waals surface area contributed by atoms with Gasteiger partial charge in [0.05, 0.1) is 15.2 Å². The topological polar surface area (TPSA) is 49.4 Å². The Morgan fingerprint density at radius 3 is 2.75 bits per heavy atom. The Morgan fingerprint density at radius 2 is 2.05 bits per heavy atom. The van der Waals surface area contributed by atoms with Crippen LogP contribution >= 0.6 is 27.5 Å². The molecule has 1 heterocycles. The minimum absolute atomic E-state index is 0.0404. The zero-order valence-electron chi connectivity index (χ0n) is 10.7. The number of anilines is 1. The summed E-state index contributed by atoms with van der Waals surface area (Å²) in [5.74, 6) is 0.183. The fraction of sp³-hybridized carbons (Fsp3) is 0.429. The van der Waals surface area contributed by atoms with Crippen LogP contribution < -0.4 is 10.2 Å². The summed E-state index contributed by atoms with van der Waals surface area (Å²) in [5.41, 5.74) is 0.727. The van der Waals surface area contributed by atoms with E-state index in [-0.39, 0.29) is 17.7 Å². The van der Waals surface area contributed by atoms with Gasteiger partial charge in [0.15, 0.2) is 0 Å². The van der Waals surface area contributed by atoms with Gasteiger partial charge in [0.25, 0.3) is 0 Å². The molecular weight excluding hydrogens is 344 g/mol. The molecule has 106 valence electrons. The highest BCUT2D eigenvalue weighted by molar-refractivity contribution is 9.10. The second-order valence-electron chi connectivity index (χ2n) is 5.20. The summed E-state index contributed by atoms with van der Waals surface area (Å²) in [6, 6.07) is 5.02. The minimum atomic E-state index is -0.393. The van der Waals surface area contributed by atoms with Crippen molar-refractivity contribution in [1.82, 2.24) is 5.32 Å². The van der Waals surface area contributed by atoms with E-state index in [4.69, 9.17) is 11.6 Å². The number of carbonyl (C=O) groups is 2. The van der Waals surface area contributed by atoms with Crippen LogP contribution in [-0.2, 0) is 9.59 Å². The molecule has 1 aromatic rings. The predicted octanol–water partition coefficient (Wildman–Crippen LogP) is 2.73. The van der Waals surface area contributed by atoms with Crippen LogP contribution in [0.15, 0.2) is 22.7 Å². The van der Waals surface area contributed by atoms with Gasteiger partial charge in [-0.3, -0.25) is 9.59 Å². The molecule has 0 aromatic heterocycles. The van der Waals surface area contributed by atoms with E-state index in [1.165, 1.54) is 0 Å². The highest BCUT2D eigenvalue weighted by atomic mass is 79.9. The standard InChI is InChI=1S/C14H14BrClN2O2/c15-12-9(16)2-1-3-10(12)18-7-6-11(19)17-13(14(18)20)8-4-5-8/h1-3,8,13H,4-7H2,(H,17,19). The SMILES string of the molecule is O=C1CCN(c2cccc(Cl)c2Br)C(=O)C(C2CC2)N1. The molecule has 0 spiro atoms. The molecule has 1 aliphatic heterocycles. The maximum Gasteiger partial charge on any atom is 0.249 e. The number of nitrogens with one attached hydrogen (secondary N) is 1. The summed E-state index contributed by atoms with van der Waals surface area (Å²) in [6.45, 7) is 0.382. The molecule has 2 aliphatic rings. The highest BCUT2D eigenvalue weighted by Gasteiger charge is 2.41. The Kier molecular flexibility index (Phi) is 3.73. The van der Waals surface area contributed by atoms with Crippen molar-refractivity contribution in [3.63, 3.8) is 0 Å². The molecule has 1 unspecified atom stereocenters. The van der Waals surface area contributed by atoms with Crippen LogP contribution in [0.1, 0.15) is 19.3 Å². The van der Waals surface area contributed by atoms with Gasteiger partial charge in [-0.1, -0.05) is 17.7 Å². The largest absolute Gasteiger partial charge is 0.344 e. The van der Waals surface area contributed by atoms with E-state index in [0.717, 1.165) is 18.5 Å². The van der Waals surface area contributed by atoms with Gasteiger partial charge in [-0.05, 0) is 46.8 Å². The van der Waals surface area contributed by atoms with Crippen molar-refractivity contribution in [1.29, 1.82) is 0 Å². The summed E-state index contributed by atoms with van der Waals surface area (Å²) >= 11 is 9.52. The van der Waals surface area contributed by atoms with Crippen molar-refractivity contribution in [3.8, 4) is 0 Å². The third-order valence-corrected chi connectivity index (χ3v) is 5.10. The van der Waals surface area contributed by atoms with E-state index in [1.807, 2.05) is 12.1 Å². The van der Waals surface area contributed by atoms with Gasteiger partial charge in [0.1, 0.15) is 6.04 Å². The van der Waals surface area contributed by atoms with E-state index < -0.39 is 6.04 Å². The van der Waals surface area contributed by atoms with E-state index in [0.29, 0.717) is 22.5 Å². The second kappa shape index (κ2) is 5.37. The normalized spacial score (nSPS) is 23.5.